The molecule has 0 unspecified atom stereocenters. The molecule has 1 heterocycles. The van der Waals surface area contributed by atoms with Crippen LogP contribution in [0.25, 0.3) is 5.57 Å². The summed E-state index contributed by atoms with van der Waals surface area (Å²) >= 11 is 0. The molecule has 4 nitrogen and oxygen atoms in total. The molecule has 1 aliphatic carbocycles. The predicted octanol–water partition coefficient (Wildman–Crippen LogP) is 7.05. The number of benzene rings is 2. The molecule has 0 saturated heterocycles. The van der Waals surface area contributed by atoms with Gasteiger partial charge in [0.15, 0.2) is 0 Å². The van der Waals surface area contributed by atoms with Crippen LogP contribution in [0.1, 0.15) is 74.2 Å². The normalized spacial score (nSPS) is 20.1. The van der Waals surface area contributed by atoms with E-state index in [1.54, 1.807) is 25.1 Å². The number of alkyl halides is 1. The van der Waals surface area contributed by atoms with Crippen LogP contribution in [0, 0.1) is 24.5 Å². The van der Waals surface area contributed by atoms with Crippen molar-refractivity contribution in [1.29, 1.82) is 0 Å². The van der Waals surface area contributed by atoms with Crippen LogP contribution in [-0.4, -0.2) is 41.8 Å². The molecule has 2 aliphatic rings. The van der Waals surface area contributed by atoms with Gasteiger partial charge in [0.25, 0.3) is 0 Å². The van der Waals surface area contributed by atoms with Crippen LogP contribution < -0.4 is 4.74 Å². The van der Waals surface area contributed by atoms with Gasteiger partial charge in [0.2, 0.25) is 0 Å². The maximum absolute atomic E-state index is 15.7. The molecule has 0 radical (unpaired) electrons. The van der Waals surface area contributed by atoms with E-state index in [9.17, 15) is 18.7 Å². The van der Waals surface area contributed by atoms with Crippen LogP contribution in [0.5, 0.6) is 5.75 Å². The topological polar surface area (TPSA) is 49.8 Å². The van der Waals surface area contributed by atoms with E-state index in [-0.39, 0.29) is 30.9 Å². The van der Waals surface area contributed by atoms with Gasteiger partial charge in [-0.1, -0.05) is 19.4 Å². The number of aliphatic carboxylic acids is 1. The molecule has 0 amide bonds. The molecule has 0 aromatic heterocycles. The number of rotatable bonds is 11. The second-order valence-corrected chi connectivity index (χ2v) is 10.4. The van der Waals surface area contributed by atoms with E-state index in [0.717, 1.165) is 41.5 Å². The predicted molar refractivity (Wildman–Crippen MR) is 138 cm³/mol. The number of halogens is 3. The maximum atomic E-state index is 15.7. The third-order valence-corrected chi connectivity index (χ3v) is 7.77. The Kier molecular flexibility index (Phi) is 8.63. The van der Waals surface area contributed by atoms with Crippen molar-refractivity contribution in [1.82, 2.24) is 4.90 Å². The summed E-state index contributed by atoms with van der Waals surface area (Å²) in [6.45, 7) is 5.94. The monoisotopic (exact) mass is 515 g/mol. The van der Waals surface area contributed by atoms with Crippen LogP contribution in [-0.2, 0) is 11.2 Å². The fourth-order valence-electron chi connectivity index (χ4n) is 5.76. The highest BCUT2D eigenvalue weighted by molar-refractivity contribution is 5.79. The number of unbranched alkanes of at least 4 members (excludes halogenated alkanes) is 3. The van der Waals surface area contributed by atoms with Gasteiger partial charge in [-0.2, -0.15) is 0 Å². The van der Waals surface area contributed by atoms with Gasteiger partial charge < -0.3 is 9.84 Å². The molecule has 4 rings (SSSR count). The van der Waals surface area contributed by atoms with E-state index >= 15 is 4.39 Å². The molecule has 0 spiro atoms. The van der Waals surface area contributed by atoms with Gasteiger partial charge in [-0.15, -0.1) is 0 Å². The molecule has 0 fully saturated rings. The highest BCUT2D eigenvalue weighted by Gasteiger charge is 2.41. The highest BCUT2D eigenvalue weighted by Crippen LogP contribution is 2.50. The number of hydrogen-bond acceptors (Lipinski definition) is 3. The maximum Gasteiger partial charge on any atom is 0.307 e. The average molecular weight is 516 g/mol. The van der Waals surface area contributed by atoms with E-state index in [4.69, 9.17) is 4.74 Å². The van der Waals surface area contributed by atoms with Gasteiger partial charge in [0, 0.05) is 18.2 Å². The first-order valence-corrected chi connectivity index (χ1v) is 13.2. The number of carbonyl (C=O) groups is 1. The molecule has 37 heavy (non-hydrogen) atoms. The van der Waals surface area contributed by atoms with Crippen LogP contribution in [0.2, 0.25) is 0 Å². The minimum absolute atomic E-state index is 0.0707. The largest absolute Gasteiger partial charge is 0.493 e. The molecular formula is C30H36F3NO3. The molecule has 0 saturated carbocycles. The summed E-state index contributed by atoms with van der Waals surface area (Å²) in [7, 11) is 0. The van der Waals surface area contributed by atoms with Gasteiger partial charge in [0.05, 0.1) is 25.2 Å². The summed E-state index contributed by atoms with van der Waals surface area (Å²) in [5, 5.41) is 9.65. The Morgan fingerprint density at radius 1 is 1.16 bits per heavy atom. The quantitative estimate of drug-likeness (QED) is 0.326. The molecule has 1 aliphatic heterocycles. The van der Waals surface area contributed by atoms with Gasteiger partial charge >= 0.3 is 5.97 Å². The Bertz CT molecular complexity index is 1180. The first kappa shape index (κ1) is 27.2. The lowest BCUT2D eigenvalue weighted by molar-refractivity contribution is -0.142. The van der Waals surface area contributed by atoms with E-state index in [2.05, 4.69) is 4.90 Å². The second kappa shape index (κ2) is 11.7. The van der Waals surface area contributed by atoms with Crippen molar-refractivity contribution in [3.63, 3.8) is 0 Å². The molecule has 2 aromatic rings. The van der Waals surface area contributed by atoms with E-state index in [0.29, 0.717) is 42.7 Å². The van der Waals surface area contributed by atoms with Crippen molar-refractivity contribution >= 4 is 11.5 Å². The second-order valence-electron chi connectivity index (χ2n) is 10.4. The van der Waals surface area contributed by atoms with Crippen molar-refractivity contribution in [3.05, 3.63) is 69.8 Å². The van der Waals surface area contributed by atoms with E-state index in [1.807, 2.05) is 13.8 Å². The first-order chi connectivity index (χ1) is 17.7. The Labute approximate surface area is 217 Å². The third kappa shape index (κ3) is 5.71. The van der Waals surface area contributed by atoms with Crippen molar-refractivity contribution in [2.45, 2.75) is 71.4 Å². The zero-order chi connectivity index (χ0) is 26.7. The fourth-order valence-corrected chi connectivity index (χ4v) is 5.76. The van der Waals surface area contributed by atoms with Gasteiger partial charge in [0.1, 0.15) is 17.4 Å². The summed E-state index contributed by atoms with van der Waals surface area (Å²) in [4.78, 5) is 13.9. The summed E-state index contributed by atoms with van der Waals surface area (Å²) in [6.07, 6.45) is 4.22. The number of nitrogens with zero attached hydrogens (tertiary/aromatic N) is 1. The Morgan fingerprint density at radius 3 is 2.65 bits per heavy atom. The Balaban J connectivity index is 1.73. The van der Waals surface area contributed by atoms with Crippen LogP contribution >= 0.6 is 0 Å². The van der Waals surface area contributed by atoms with E-state index < -0.39 is 17.9 Å². The van der Waals surface area contributed by atoms with E-state index in [1.165, 1.54) is 12.1 Å². The van der Waals surface area contributed by atoms with Crippen LogP contribution in [0.15, 0.2) is 35.9 Å². The molecule has 0 bridgehead atoms. The van der Waals surface area contributed by atoms with Crippen LogP contribution in [0.4, 0.5) is 13.2 Å². The van der Waals surface area contributed by atoms with Crippen molar-refractivity contribution in [2.24, 2.45) is 5.92 Å². The van der Waals surface area contributed by atoms with Gasteiger partial charge in [-0.05, 0) is 98.1 Å². The van der Waals surface area contributed by atoms with Gasteiger partial charge in [-0.3, -0.25) is 14.1 Å². The van der Waals surface area contributed by atoms with Crippen molar-refractivity contribution in [3.8, 4) is 5.75 Å². The summed E-state index contributed by atoms with van der Waals surface area (Å²) in [5.74, 6) is -1.61. The molecule has 1 N–H and O–H groups in total. The number of carboxylic acids is 1. The number of carboxylic acid groups (broad SMARTS) is 1. The fraction of sp³-hybridized carbons (Fsp3) is 0.500. The SMILES string of the molecule is Cc1c(OCCCCCCF)ccc(F)c1[C@@H]1C2=C(C[C@@H](C)N1C[C@@H](C)C(=O)O)c1cc(F)ccc1C2. The molecule has 7 heteroatoms. The van der Waals surface area contributed by atoms with Crippen molar-refractivity contribution in [2.75, 3.05) is 19.8 Å². The molecule has 3 atom stereocenters. The first-order valence-electron chi connectivity index (χ1n) is 13.2. The average Bonchev–Trinajstić information content (AvgIpc) is 3.21. The van der Waals surface area contributed by atoms with Crippen molar-refractivity contribution < 1.29 is 27.8 Å². The van der Waals surface area contributed by atoms with Gasteiger partial charge in [-0.25, -0.2) is 8.78 Å². The zero-order valence-corrected chi connectivity index (χ0v) is 21.8. The summed E-state index contributed by atoms with van der Waals surface area (Å²) < 4.78 is 48.2. The summed E-state index contributed by atoms with van der Waals surface area (Å²) in [5.41, 5.74) is 5.09. The lowest BCUT2D eigenvalue weighted by Crippen LogP contribution is -2.44. The minimum Gasteiger partial charge on any atom is -0.493 e. The van der Waals surface area contributed by atoms with Crippen LogP contribution in [0.3, 0.4) is 0 Å². The number of fused-ring (bicyclic) bond motifs is 2. The lowest BCUT2D eigenvalue weighted by Gasteiger charge is -2.43. The number of ether oxygens (including phenoxy) is 1. The standard InChI is InChI=1S/C30H36F3NO3/c1-18(30(35)36)17-34-19(2)14-24-23-16-22(32)9-8-21(23)15-25(24)29(34)28-20(3)27(11-10-26(28)33)37-13-7-5-4-6-12-31/h8-11,16,18-19,29H,4-7,12-15,17H2,1-3H3,(H,35,36)/t18-,19-,29+/m1/s1. The molecule has 2 aromatic carbocycles. The molecule has 200 valence electrons. The lowest BCUT2D eigenvalue weighted by atomic mass is 9.83. The third-order valence-electron chi connectivity index (χ3n) is 7.77. The smallest absolute Gasteiger partial charge is 0.307 e. The number of hydrogen-bond donors (Lipinski definition) is 1. The zero-order valence-electron chi connectivity index (χ0n) is 21.8. The highest BCUT2D eigenvalue weighted by atomic mass is 19.1. The Morgan fingerprint density at radius 2 is 1.92 bits per heavy atom. The Hall–Kier alpha value is -2.80. The summed E-state index contributed by atoms with van der Waals surface area (Å²) in [6, 6.07) is 7.31. The minimum atomic E-state index is -0.899. The molecular weight excluding hydrogens is 479 g/mol.